The third kappa shape index (κ3) is 2.08. The Balaban J connectivity index is 1.90. The van der Waals surface area contributed by atoms with Crippen LogP contribution in [0.15, 0.2) is 46.9 Å². The van der Waals surface area contributed by atoms with Gasteiger partial charge >= 0.3 is 0 Å². The van der Waals surface area contributed by atoms with E-state index in [0.29, 0.717) is 5.71 Å². The fourth-order valence-electron chi connectivity index (χ4n) is 2.51. The summed E-state index contributed by atoms with van der Waals surface area (Å²) in [4.78, 5) is 9.23. The molecule has 0 amide bonds. The highest BCUT2D eigenvalue weighted by Gasteiger charge is 2.12. The second-order valence-electron chi connectivity index (χ2n) is 5.46. The summed E-state index contributed by atoms with van der Waals surface area (Å²) in [5.74, 6) is 0.811. The molecule has 4 aromatic rings. The normalized spacial score (nSPS) is 13.0. The summed E-state index contributed by atoms with van der Waals surface area (Å²) >= 11 is 0. The van der Waals surface area contributed by atoms with Crippen LogP contribution < -0.4 is 4.74 Å². The monoisotopic (exact) mass is 292 g/mol. The van der Waals surface area contributed by atoms with Crippen molar-refractivity contribution >= 4 is 33.2 Å². The molecule has 0 spiro atoms. The molecule has 4 rings (SSSR count). The Bertz CT molecular complexity index is 975. The summed E-state index contributed by atoms with van der Waals surface area (Å²) in [6.07, 6.45) is 1.15. The number of furan rings is 1. The lowest BCUT2D eigenvalue weighted by Gasteiger charge is -2.11. The molecule has 0 bridgehead atoms. The first-order valence-corrected chi connectivity index (χ1v) is 7.50. The van der Waals surface area contributed by atoms with Gasteiger partial charge in [0.05, 0.1) is 17.1 Å². The molecule has 0 saturated carbocycles. The van der Waals surface area contributed by atoms with Crippen molar-refractivity contribution in [2.24, 2.45) is 0 Å². The molecule has 2 aromatic carbocycles. The van der Waals surface area contributed by atoms with Crippen molar-refractivity contribution in [2.75, 3.05) is 0 Å². The Kier molecular flexibility index (Phi) is 2.96. The summed E-state index contributed by atoms with van der Waals surface area (Å²) in [7, 11) is 0. The van der Waals surface area contributed by atoms with E-state index in [1.807, 2.05) is 42.5 Å². The van der Waals surface area contributed by atoms with Crippen molar-refractivity contribution in [3.8, 4) is 5.75 Å². The number of fused-ring (bicyclic) bond motifs is 4. The zero-order valence-electron chi connectivity index (χ0n) is 12.5. The highest BCUT2D eigenvalue weighted by molar-refractivity contribution is 6.03. The predicted octanol–water partition coefficient (Wildman–Crippen LogP) is 4.71. The van der Waals surface area contributed by atoms with E-state index >= 15 is 0 Å². The lowest BCUT2D eigenvalue weighted by molar-refractivity contribution is 0.217. The Morgan fingerprint density at radius 2 is 1.86 bits per heavy atom. The van der Waals surface area contributed by atoms with Crippen molar-refractivity contribution < 1.29 is 9.15 Å². The summed E-state index contributed by atoms with van der Waals surface area (Å²) in [5, 5.41) is 0.963. The molecule has 4 nitrogen and oxygen atoms in total. The zero-order valence-corrected chi connectivity index (χ0v) is 12.5. The number of hydrogen-bond donors (Lipinski definition) is 0. The van der Waals surface area contributed by atoms with E-state index in [1.54, 1.807) is 0 Å². The van der Waals surface area contributed by atoms with Crippen LogP contribution >= 0.6 is 0 Å². The second-order valence-corrected chi connectivity index (χ2v) is 5.46. The number of para-hydroxylation sites is 2. The Hall–Kier alpha value is -2.62. The van der Waals surface area contributed by atoms with Crippen LogP contribution in [-0.2, 0) is 0 Å². The minimum atomic E-state index is 0.181. The largest absolute Gasteiger partial charge is 0.491 e. The van der Waals surface area contributed by atoms with Gasteiger partial charge in [-0.15, -0.1) is 0 Å². The van der Waals surface area contributed by atoms with Crippen LogP contribution in [0.5, 0.6) is 5.75 Å². The van der Waals surface area contributed by atoms with Gasteiger partial charge < -0.3 is 9.15 Å². The smallest absolute Gasteiger partial charge is 0.246 e. The van der Waals surface area contributed by atoms with Crippen LogP contribution in [0.25, 0.3) is 33.2 Å². The third-order valence-corrected chi connectivity index (χ3v) is 3.87. The molecule has 2 heterocycles. The van der Waals surface area contributed by atoms with Crippen molar-refractivity contribution in [1.29, 1.82) is 0 Å². The zero-order chi connectivity index (χ0) is 15.1. The van der Waals surface area contributed by atoms with Gasteiger partial charge in [-0.05, 0) is 37.6 Å². The highest BCUT2D eigenvalue weighted by atomic mass is 16.5. The first kappa shape index (κ1) is 13.1. The van der Waals surface area contributed by atoms with Crippen LogP contribution in [0.3, 0.4) is 0 Å². The van der Waals surface area contributed by atoms with Crippen molar-refractivity contribution in [3.63, 3.8) is 0 Å². The van der Waals surface area contributed by atoms with E-state index in [-0.39, 0.29) is 6.10 Å². The van der Waals surface area contributed by atoms with E-state index in [0.717, 1.165) is 39.7 Å². The molecule has 0 radical (unpaired) electrons. The fraction of sp³-hybridized carbons (Fsp3) is 0.222. The van der Waals surface area contributed by atoms with Gasteiger partial charge in [-0.25, -0.2) is 9.97 Å². The maximum absolute atomic E-state index is 5.86. The van der Waals surface area contributed by atoms with Gasteiger partial charge in [0.25, 0.3) is 0 Å². The summed E-state index contributed by atoms with van der Waals surface area (Å²) in [5.41, 5.74) is 3.83. The van der Waals surface area contributed by atoms with E-state index in [9.17, 15) is 0 Å². The van der Waals surface area contributed by atoms with Gasteiger partial charge in [0.2, 0.25) is 5.71 Å². The van der Waals surface area contributed by atoms with Gasteiger partial charge in [0, 0.05) is 11.5 Å². The standard InChI is InChI=1S/C18H16N2O2/c1-3-11(2)21-12-8-9-13-16(10-12)22-18-17(13)19-14-6-4-5-7-15(14)20-18/h4-11H,3H2,1-2H3. The SMILES string of the molecule is CCC(C)Oc1ccc2c(c1)oc1nc3ccccc3nc12. The van der Waals surface area contributed by atoms with E-state index in [2.05, 4.69) is 23.8 Å². The molecule has 2 aromatic heterocycles. The number of ether oxygens (including phenoxy) is 1. The van der Waals surface area contributed by atoms with Crippen LogP contribution in [-0.4, -0.2) is 16.1 Å². The number of rotatable bonds is 3. The molecule has 0 N–H and O–H groups in total. The number of aromatic nitrogens is 2. The Labute approximate surface area is 127 Å². The first-order chi connectivity index (χ1) is 10.7. The molecule has 0 saturated heterocycles. The number of nitrogens with zero attached hydrogens (tertiary/aromatic N) is 2. The maximum atomic E-state index is 5.86. The maximum Gasteiger partial charge on any atom is 0.246 e. The lowest BCUT2D eigenvalue weighted by Crippen LogP contribution is -2.09. The summed E-state index contributed by atoms with van der Waals surface area (Å²) in [6.45, 7) is 4.16. The van der Waals surface area contributed by atoms with Crippen molar-refractivity contribution in [3.05, 3.63) is 42.5 Å². The summed E-state index contributed by atoms with van der Waals surface area (Å²) < 4.78 is 11.7. The van der Waals surface area contributed by atoms with Gasteiger partial charge in [0.15, 0.2) is 0 Å². The van der Waals surface area contributed by atoms with Crippen LogP contribution in [0.4, 0.5) is 0 Å². The van der Waals surface area contributed by atoms with Gasteiger partial charge in [-0.1, -0.05) is 19.1 Å². The quantitative estimate of drug-likeness (QED) is 0.549. The van der Waals surface area contributed by atoms with Gasteiger partial charge in [-0.2, -0.15) is 0 Å². The fourth-order valence-corrected chi connectivity index (χ4v) is 2.51. The topological polar surface area (TPSA) is 48.2 Å². The summed E-state index contributed by atoms with van der Waals surface area (Å²) in [6, 6.07) is 13.7. The van der Waals surface area contributed by atoms with E-state index in [1.165, 1.54) is 0 Å². The molecule has 1 unspecified atom stereocenters. The average molecular weight is 292 g/mol. The molecule has 0 aliphatic rings. The molecular formula is C18H16N2O2. The molecule has 1 atom stereocenters. The molecular weight excluding hydrogens is 276 g/mol. The molecule has 0 aliphatic heterocycles. The molecule has 22 heavy (non-hydrogen) atoms. The predicted molar refractivity (Wildman–Crippen MR) is 87.2 cm³/mol. The van der Waals surface area contributed by atoms with E-state index in [4.69, 9.17) is 9.15 Å². The second kappa shape index (κ2) is 4.98. The average Bonchev–Trinajstić information content (AvgIpc) is 2.89. The van der Waals surface area contributed by atoms with Crippen molar-refractivity contribution in [2.45, 2.75) is 26.4 Å². The van der Waals surface area contributed by atoms with Crippen molar-refractivity contribution in [1.82, 2.24) is 9.97 Å². The highest BCUT2D eigenvalue weighted by Crippen LogP contribution is 2.30. The Morgan fingerprint density at radius 1 is 1.09 bits per heavy atom. The minimum absolute atomic E-state index is 0.181. The number of hydrogen-bond acceptors (Lipinski definition) is 4. The third-order valence-electron chi connectivity index (χ3n) is 3.87. The van der Waals surface area contributed by atoms with Crippen LogP contribution in [0, 0.1) is 0 Å². The Morgan fingerprint density at radius 3 is 2.64 bits per heavy atom. The van der Waals surface area contributed by atoms with Crippen LogP contribution in [0.1, 0.15) is 20.3 Å². The molecule has 4 heteroatoms. The molecule has 110 valence electrons. The molecule has 0 aliphatic carbocycles. The van der Waals surface area contributed by atoms with Crippen LogP contribution in [0.2, 0.25) is 0 Å². The van der Waals surface area contributed by atoms with Gasteiger partial charge in [-0.3, -0.25) is 0 Å². The van der Waals surface area contributed by atoms with Gasteiger partial charge in [0.1, 0.15) is 16.8 Å². The number of benzene rings is 2. The lowest BCUT2D eigenvalue weighted by atomic mass is 10.2. The molecule has 0 fully saturated rings. The minimum Gasteiger partial charge on any atom is -0.491 e. The first-order valence-electron chi connectivity index (χ1n) is 7.50. The van der Waals surface area contributed by atoms with E-state index < -0.39 is 0 Å².